The standard InChI is InChI=1S/C28H31N7O2/c1-29-22-8-5-19(6-9-22)26-25(20-7-10-24-21(17-20)18-35(31-24)15-16-36)27(37)33(4)28(30-26)34-13-11-23(12-14-34)32(2)3/h5-10,17-18,23,36H,11-16H2,2-4H3. The minimum absolute atomic E-state index is 0.00328. The molecule has 0 aliphatic carbocycles. The van der Waals surface area contributed by atoms with Crippen LogP contribution >= 0.6 is 0 Å². The molecule has 190 valence electrons. The van der Waals surface area contributed by atoms with Crippen molar-refractivity contribution in [1.82, 2.24) is 24.2 Å². The van der Waals surface area contributed by atoms with Crippen LogP contribution in [-0.2, 0) is 13.6 Å². The van der Waals surface area contributed by atoms with E-state index in [4.69, 9.17) is 11.6 Å². The highest BCUT2D eigenvalue weighted by Crippen LogP contribution is 2.33. The van der Waals surface area contributed by atoms with Gasteiger partial charge in [-0.1, -0.05) is 30.3 Å². The molecule has 0 unspecified atom stereocenters. The van der Waals surface area contributed by atoms with Crippen molar-refractivity contribution in [3.8, 4) is 22.4 Å². The topological polar surface area (TPSA) is 83.8 Å². The summed E-state index contributed by atoms with van der Waals surface area (Å²) in [6.07, 6.45) is 3.89. The van der Waals surface area contributed by atoms with Crippen molar-refractivity contribution in [2.45, 2.75) is 25.4 Å². The minimum atomic E-state index is -0.119. The molecule has 2 aromatic carbocycles. The Balaban J connectivity index is 1.65. The van der Waals surface area contributed by atoms with E-state index in [1.807, 2.05) is 36.5 Å². The lowest BCUT2D eigenvalue weighted by molar-refractivity contribution is 0.248. The van der Waals surface area contributed by atoms with Gasteiger partial charge < -0.3 is 14.9 Å². The Labute approximate surface area is 216 Å². The molecule has 2 aromatic heterocycles. The normalized spacial score (nSPS) is 14.4. The number of hydrogen-bond acceptors (Lipinski definition) is 6. The molecule has 0 spiro atoms. The number of anilines is 1. The van der Waals surface area contributed by atoms with E-state index >= 15 is 0 Å². The third-order valence-corrected chi connectivity index (χ3v) is 7.18. The Kier molecular flexibility index (Phi) is 6.78. The molecule has 1 N–H and O–H groups in total. The zero-order valence-electron chi connectivity index (χ0n) is 21.4. The fourth-order valence-corrected chi connectivity index (χ4v) is 5.07. The summed E-state index contributed by atoms with van der Waals surface area (Å²) in [6.45, 7) is 9.37. The van der Waals surface area contributed by atoms with E-state index in [0.717, 1.165) is 48.0 Å². The monoisotopic (exact) mass is 497 g/mol. The number of rotatable bonds is 6. The maximum absolute atomic E-state index is 14.0. The fraction of sp³-hybridized carbons (Fsp3) is 0.357. The number of nitrogens with zero attached hydrogens (tertiary/aromatic N) is 7. The van der Waals surface area contributed by atoms with E-state index in [1.54, 1.807) is 28.4 Å². The molecule has 1 aliphatic rings. The fourth-order valence-electron chi connectivity index (χ4n) is 5.07. The van der Waals surface area contributed by atoms with Crippen molar-refractivity contribution in [1.29, 1.82) is 0 Å². The van der Waals surface area contributed by atoms with Crippen LogP contribution in [0, 0.1) is 6.57 Å². The molecule has 0 amide bonds. The minimum Gasteiger partial charge on any atom is -0.394 e. The van der Waals surface area contributed by atoms with Crippen LogP contribution in [0.25, 0.3) is 38.1 Å². The first-order valence-corrected chi connectivity index (χ1v) is 12.5. The molecule has 5 rings (SSSR count). The molecule has 9 heteroatoms. The predicted molar refractivity (Wildman–Crippen MR) is 146 cm³/mol. The van der Waals surface area contributed by atoms with Crippen LogP contribution in [0.15, 0.2) is 53.5 Å². The molecule has 1 fully saturated rings. The third kappa shape index (κ3) is 4.73. The molecule has 0 radical (unpaired) electrons. The maximum Gasteiger partial charge on any atom is 0.263 e. The number of hydrogen-bond donors (Lipinski definition) is 1. The predicted octanol–water partition coefficient (Wildman–Crippen LogP) is 3.54. The van der Waals surface area contributed by atoms with Gasteiger partial charge in [-0.25, -0.2) is 9.83 Å². The van der Waals surface area contributed by atoms with Gasteiger partial charge in [0, 0.05) is 37.8 Å². The van der Waals surface area contributed by atoms with Gasteiger partial charge in [-0.3, -0.25) is 14.0 Å². The smallest absolute Gasteiger partial charge is 0.263 e. The first-order chi connectivity index (χ1) is 17.9. The number of fused-ring (bicyclic) bond motifs is 1. The van der Waals surface area contributed by atoms with Crippen molar-refractivity contribution >= 4 is 22.5 Å². The molecule has 9 nitrogen and oxygen atoms in total. The van der Waals surface area contributed by atoms with Gasteiger partial charge in [-0.05, 0) is 50.2 Å². The highest BCUT2D eigenvalue weighted by atomic mass is 16.3. The number of piperidine rings is 1. The van der Waals surface area contributed by atoms with Crippen molar-refractivity contribution in [3.05, 3.63) is 70.4 Å². The van der Waals surface area contributed by atoms with E-state index < -0.39 is 0 Å². The number of aliphatic hydroxyl groups is 1. The summed E-state index contributed by atoms with van der Waals surface area (Å²) in [5.74, 6) is 0.659. The summed E-state index contributed by atoms with van der Waals surface area (Å²) in [5.41, 5.74) is 3.88. The van der Waals surface area contributed by atoms with Gasteiger partial charge in [0.1, 0.15) is 0 Å². The average Bonchev–Trinajstić information content (AvgIpc) is 3.32. The summed E-state index contributed by atoms with van der Waals surface area (Å²) >= 11 is 0. The second-order valence-electron chi connectivity index (χ2n) is 9.73. The summed E-state index contributed by atoms with van der Waals surface area (Å²) in [7, 11) is 6.01. The van der Waals surface area contributed by atoms with Crippen molar-refractivity contribution in [2.75, 3.05) is 38.7 Å². The van der Waals surface area contributed by atoms with E-state index in [2.05, 4.69) is 33.8 Å². The van der Waals surface area contributed by atoms with Crippen LogP contribution in [-0.4, -0.2) is 69.2 Å². The number of aliphatic hydroxyl groups excluding tert-OH is 1. The molecular weight excluding hydrogens is 466 g/mol. The van der Waals surface area contributed by atoms with Gasteiger partial charge in [0.2, 0.25) is 5.95 Å². The van der Waals surface area contributed by atoms with Crippen LogP contribution in [0.1, 0.15) is 12.8 Å². The molecule has 37 heavy (non-hydrogen) atoms. The average molecular weight is 498 g/mol. The lowest BCUT2D eigenvalue weighted by Crippen LogP contribution is -2.44. The Morgan fingerprint density at radius 2 is 1.81 bits per heavy atom. The molecule has 0 atom stereocenters. The van der Waals surface area contributed by atoms with Crippen molar-refractivity contribution < 1.29 is 5.11 Å². The van der Waals surface area contributed by atoms with Gasteiger partial charge in [-0.15, -0.1) is 0 Å². The molecule has 0 saturated carbocycles. The lowest BCUT2D eigenvalue weighted by Gasteiger charge is -2.36. The quantitative estimate of drug-likeness (QED) is 0.411. The van der Waals surface area contributed by atoms with E-state index in [9.17, 15) is 9.90 Å². The van der Waals surface area contributed by atoms with E-state index in [1.165, 1.54) is 0 Å². The number of aromatic nitrogens is 4. The Morgan fingerprint density at radius 1 is 1.11 bits per heavy atom. The molecular formula is C28H31N7O2. The highest BCUT2D eigenvalue weighted by molar-refractivity contribution is 5.88. The van der Waals surface area contributed by atoms with Gasteiger partial charge in [-0.2, -0.15) is 5.10 Å². The summed E-state index contributed by atoms with van der Waals surface area (Å²) < 4.78 is 3.36. The third-order valence-electron chi connectivity index (χ3n) is 7.18. The Morgan fingerprint density at radius 3 is 2.46 bits per heavy atom. The van der Waals surface area contributed by atoms with Crippen molar-refractivity contribution in [3.63, 3.8) is 0 Å². The summed E-state index contributed by atoms with van der Waals surface area (Å²) in [4.78, 5) is 27.0. The van der Waals surface area contributed by atoms with Crippen molar-refractivity contribution in [2.24, 2.45) is 7.05 Å². The van der Waals surface area contributed by atoms with Crippen LogP contribution in [0.3, 0.4) is 0 Å². The molecule has 3 heterocycles. The number of benzene rings is 2. The first-order valence-electron chi connectivity index (χ1n) is 12.5. The zero-order valence-corrected chi connectivity index (χ0v) is 21.4. The van der Waals surface area contributed by atoms with Crippen LogP contribution in [0.2, 0.25) is 0 Å². The van der Waals surface area contributed by atoms with Gasteiger partial charge in [0.25, 0.3) is 5.56 Å². The molecule has 1 aliphatic heterocycles. The SMILES string of the molecule is [C-]#[N+]c1ccc(-c2nc(N3CCC(N(C)C)CC3)n(C)c(=O)c2-c2ccc3nn(CCO)cc3c2)cc1. The highest BCUT2D eigenvalue weighted by Gasteiger charge is 2.26. The van der Waals surface area contributed by atoms with Gasteiger partial charge >= 0.3 is 0 Å². The van der Waals surface area contributed by atoms with E-state index in [0.29, 0.717) is 35.5 Å². The van der Waals surface area contributed by atoms with Crippen LogP contribution < -0.4 is 10.5 Å². The Hall–Kier alpha value is -4.00. The second-order valence-corrected chi connectivity index (χ2v) is 9.73. The molecule has 1 saturated heterocycles. The van der Waals surface area contributed by atoms with Crippen LogP contribution in [0.5, 0.6) is 0 Å². The molecule has 4 aromatic rings. The Bertz CT molecular complexity index is 1520. The van der Waals surface area contributed by atoms with Crippen LogP contribution in [0.4, 0.5) is 11.6 Å². The largest absolute Gasteiger partial charge is 0.394 e. The molecule has 0 bridgehead atoms. The maximum atomic E-state index is 14.0. The van der Waals surface area contributed by atoms with E-state index in [-0.39, 0.29) is 12.2 Å². The first kappa shape index (κ1) is 24.7. The van der Waals surface area contributed by atoms with Gasteiger partial charge in [0.05, 0.1) is 36.5 Å². The summed E-state index contributed by atoms with van der Waals surface area (Å²) in [5, 5.41) is 14.7. The lowest BCUT2D eigenvalue weighted by atomic mass is 9.99. The summed E-state index contributed by atoms with van der Waals surface area (Å²) in [6, 6.07) is 13.5. The zero-order chi connectivity index (χ0) is 26.1. The van der Waals surface area contributed by atoms with Gasteiger partial charge in [0.15, 0.2) is 5.69 Å². The second kappa shape index (κ2) is 10.2.